The number of aromatic nitrogens is 5. The van der Waals surface area contributed by atoms with E-state index in [9.17, 15) is 13.2 Å². The fourth-order valence-corrected chi connectivity index (χ4v) is 5.06. The average Bonchev–Trinajstić information content (AvgIpc) is 3.48. The predicted molar refractivity (Wildman–Crippen MR) is 123 cm³/mol. The van der Waals surface area contributed by atoms with Gasteiger partial charge in [0.25, 0.3) is 10.0 Å². The first-order valence-electron chi connectivity index (χ1n) is 10.2. The van der Waals surface area contributed by atoms with Crippen molar-refractivity contribution in [3.05, 3.63) is 55.1 Å². The number of fused-ring (bicyclic) bond motifs is 1. The van der Waals surface area contributed by atoms with Crippen molar-refractivity contribution in [2.75, 3.05) is 23.2 Å². The van der Waals surface area contributed by atoms with Crippen LogP contribution in [0.1, 0.15) is 6.92 Å². The molecule has 1 aliphatic heterocycles. The van der Waals surface area contributed by atoms with Crippen LogP contribution in [0, 0.1) is 0 Å². The van der Waals surface area contributed by atoms with Crippen molar-refractivity contribution in [2.24, 2.45) is 7.05 Å². The van der Waals surface area contributed by atoms with Crippen LogP contribution < -0.4 is 9.62 Å². The number of carbonyl (C=O) groups excluding carboxylic acids is 1. The van der Waals surface area contributed by atoms with Gasteiger partial charge in [-0.25, -0.2) is 22.9 Å². The number of aryl methyl sites for hydroxylation is 1. The fourth-order valence-electron chi connectivity index (χ4n) is 4.07. The van der Waals surface area contributed by atoms with Gasteiger partial charge >= 0.3 is 6.03 Å². The summed E-state index contributed by atoms with van der Waals surface area (Å²) in [6.45, 7) is 2.59. The lowest BCUT2D eigenvalue weighted by molar-refractivity contribution is 0.229. The Labute approximate surface area is 190 Å². The van der Waals surface area contributed by atoms with Crippen molar-refractivity contribution < 1.29 is 13.2 Å². The Hall–Kier alpha value is -3.93. The van der Waals surface area contributed by atoms with Gasteiger partial charge in [-0.3, -0.25) is 14.3 Å². The maximum atomic E-state index is 13.0. The molecule has 1 N–H and O–H groups in total. The molecule has 12 heteroatoms. The summed E-state index contributed by atoms with van der Waals surface area (Å²) in [5.74, 6) is 0.400. The number of nitrogens with zero attached hydrogens (tertiary/aromatic N) is 7. The van der Waals surface area contributed by atoms with E-state index in [1.54, 1.807) is 65.2 Å². The highest BCUT2D eigenvalue weighted by atomic mass is 32.2. The maximum absolute atomic E-state index is 13.0. The molecule has 0 bridgehead atoms. The summed E-state index contributed by atoms with van der Waals surface area (Å²) in [4.78, 5) is 20.1. The third-order valence-electron chi connectivity index (χ3n) is 5.63. The second-order valence-electron chi connectivity index (χ2n) is 7.99. The van der Waals surface area contributed by atoms with E-state index in [1.165, 1.54) is 17.1 Å². The second kappa shape index (κ2) is 7.59. The maximum Gasteiger partial charge on any atom is 0.324 e. The summed E-state index contributed by atoms with van der Waals surface area (Å²) >= 11 is 0. The van der Waals surface area contributed by atoms with E-state index < -0.39 is 10.0 Å². The molecule has 0 saturated carbocycles. The number of para-hydroxylation sites is 1. The number of pyridine rings is 1. The first-order chi connectivity index (χ1) is 15.7. The molecule has 0 radical (unpaired) electrons. The molecule has 4 heterocycles. The SMILES string of the molecule is CC1CN(C)C(=O)N1c1ccnc(-n2cc(S(=O)(=O)Nc3cccc4cnn(C)c34)cn2)c1. The van der Waals surface area contributed by atoms with Crippen molar-refractivity contribution >= 4 is 38.3 Å². The number of carbonyl (C=O) groups is 1. The van der Waals surface area contributed by atoms with Crippen molar-refractivity contribution in [2.45, 2.75) is 17.9 Å². The van der Waals surface area contributed by atoms with Gasteiger partial charge in [-0.05, 0) is 19.1 Å². The minimum atomic E-state index is -3.91. The minimum Gasteiger partial charge on any atom is -0.325 e. The van der Waals surface area contributed by atoms with Gasteiger partial charge in [0.05, 0.1) is 41.5 Å². The van der Waals surface area contributed by atoms with E-state index in [0.717, 1.165) is 5.39 Å². The van der Waals surface area contributed by atoms with Crippen LogP contribution in [0.25, 0.3) is 16.7 Å². The topological polar surface area (TPSA) is 118 Å². The third-order valence-corrected chi connectivity index (χ3v) is 6.95. The molecule has 33 heavy (non-hydrogen) atoms. The van der Waals surface area contributed by atoms with Gasteiger partial charge in [-0.1, -0.05) is 12.1 Å². The highest BCUT2D eigenvalue weighted by Gasteiger charge is 2.33. The summed E-state index contributed by atoms with van der Waals surface area (Å²) in [6, 6.07) is 8.67. The zero-order valence-electron chi connectivity index (χ0n) is 18.2. The van der Waals surface area contributed by atoms with Gasteiger partial charge in [0.15, 0.2) is 5.82 Å². The Morgan fingerprint density at radius 3 is 2.70 bits per heavy atom. The van der Waals surface area contributed by atoms with E-state index in [4.69, 9.17) is 0 Å². The van der Waals surface area contributed by atoms with Gasteiger partial charge in [0.1, 0.15) is 4.90 Å². The molecular formula is C21H22N8O3S. The van der Waals surface area contributed by atoms with E-state index in [2.05, 4.69) is 19.9 Å². The van der Waals surface area contributed by atoms with Gasteiger partial charge in [0.2, 0.25) is 0 Å². The zero-order chi connectivity index (χ0) is 23.3. The Balaban J connectivity index is 1.45. The highest BCUT2D eigenvalue weighted by Crippen LogP contribution is 2.27. The summed E-state index contributed by atoms with van der Waals surface area (Å²) in [5.41, 5.74) is 1.77. The second-order valence-corrected chi connectivity index (χ2v) is 9.67. The van der Waals surface area contributed by atoms with Crippen LogP contribution in [0.4, 0.5) is 16.2 Å². The van der Waals surface area contributed by atoms with Crippen molar-refractivity contribution in [3.8, 4) is 5.82 Å². The van der Waals surface area contributed by atoms with Crippen molar-refractivity contribution in [3.63, 3.8) is 0 Å². The van der Waals surface area contributed by atoms with Gasteiger partial charge in [0, 0.05) is 38.3 Å². The van der Waals surface area contributed by atoms with Crippen LogP contribution in [-0.4, -0.2) is 63.5 Å². The Kier molecular flexibility index (Phi) is 4.81. The van der Waals surface area contributed by atoms with Gasteiger partial charge in [-0.15, -0.1) is 0 Å². The number of hydrogen-bond acceptors (Lipinski definition) is 6. The highest BCUT2D eigenvalue weighted by molar-refractivity contribution is 7.92. The Morgan fingerprint density at radius 2 is 1.94 bits per heavy atom. The average molecular weight is 467 g/mol. The molecule has 11 nitrogen and oxygen atoms in total. The van der Waals surface area contributed by atoms with Crippen LogP contribution in [0.15, 0.2) is 60.0 Å². The lowest BCUT2D eigenvalue weighted by Crippen LogP contribution is -2.32. The molecule has 2 amide bonds. The summed E-state index contributed by atoms with van der Waals surface area (Å²) < 4.78 is 31.7. The van der Waals surface area contributed by atoms with Crippen LogP contribution in [-0.2, 0) is 17.1 Å². The number of hydrogen-bond donors (Lipinski definition) is 1. The molecule has 1 unspecified atom stereocenters. The normalized spacial score (nSPS) is 16.7. The number of urea groups is 1. The van der Waals surface area contributed by atoms with E-state index >= 15 is 0 Å². The molecule has 1 aliphatic rings. The number of likely N-dealkylation sites (N-methyl/N-ethyl adjacent to an activating group) is 1. The first kappa shape index (κ1) is 20.9. The molecule has 0 aliphatic carbocycles. The first-order valence-corrected chi connectivity index (χ1v) is 11.7. The molecule has 1 atom stereocenters. The van der Waals surface area contributed by atoms with Crippen molar-refractivity contribution in [1.82, 2.24) is 29.4 Å². The summed E-state index contributed by atoms with van der Waals surface area (Å²) in [6.07, 6.45) is 5.89. The van der Waals surface area contributed by atoms with Gasteiger partial charge < -0.3 is 4.90 Å². The lowest BCUT2D eigenvalue weighted by Gasteiger charge is -2.20. The minimum absolute atomic E-state index is 0.00484. The molecule has 5 rings (SSSR count). The van der Waals surface area contributed by atoms with E-state index in [1.807, 2.05) is 13.0 Å². The number of sulfonamides is 1. The van der Waals surface area contributed by atoms with Crippen LogP contribution in [0.5, 0.6) is 0 Å². The number of nitrogens with one attached hydrogen (secondary N) is 1. The summed E-state index contributed by atoms with van der Waals surface area (Å²) in [7, 11) is -0.406. The number of anilines is 2. The molecule has 1 saturated heterocycles. The molecule has 3 aromatic heterocycles. The third kappa shape index (κ3) is 3.57. The molecular weight excluding hydrogens is 444 g/mol. The zero-order valence-corrected chi connectivity index (χ0v) is 19.1. The number of rotatable bonds is 5. The van der Waals surface area contributed by atoms with Crippen molar-refractivity contribution in [1.29, 1.82) is 0 Å². The molecule has 4 aromatic rings. The molecule has 0 spiro atoms. The smallest absolute Gasteiger partial charge is 0.324 e. The van der Waals surface area contributed by atoms with Crippen LogP contribution in [0.2, 0.25) is 0 Å². The molecule has 170 valence electrons. The van der Waals surface area contributed by atoms with Gasteiger partial charge in [-0.2, -0.15) is 10.2 Å². The quantitative estimate of drug-likeness (QED) is 0.482. The monoisotopic (exact) mass is 466 g/mol. The Morgan fingerprint density at radius 1 is 1.12 bits per heavy atom. The molecule has 1 fully saturated rings. The number of amides is 2. The fraction of sp³-hybridized carbons (Fsp3) is 0.238. The van der Waals surface area contributed by atoms with Crippen LogP contribution in [0.3, 0.4) is 0 Å². The van der Waals surface area contributed by atoms with Crippen LogP contribution >= 0.6 is 0 Å². The largest absolute Gasteiger partial charge is 0.325 e. The predicted octanol–water partition coefficient (Wildman–Crippen LogP) is 2.22. The van der Waals surface area contributed by atoms with E-state index in [-0.39, 0.29) is 17.0 Å². The lowest BCUT2D eigenvalue weighted by atomic mass is 10.2. The standard InChI is InChI=1S/C21H22N8O3S/c1-14-12-26(2)21(30)29(14)16-7-8-22-19(9-16)28-13-17(11-24-28)33(31,32)25-18-6-4-5-15-10-23-27(3)20(15)18/h4-11,13-14,25H,12H2,1-3H3. The number of benzene rings is 1. The summed E-state index contributed by atoms with van der Waals surface area (Å²) in [5, 5.41) is 9.20. The Bertz CT molecular complexity index is 1480. The van der Waals surface area contributed by atoms with E-state index in [0.29, 0.717) is 29.3 Å². The molecule has 1 aromatic carbocycles.